The summed E-state index contributed by atoms with van der Waals surface area (Å²) in [7, 11) is -4.03. The Balaban J connectivity index is 1.84. The van der Waals surface area contributed by atoms with E-state index in [1.807, 2.05) is 18.2 Å². The number of fused-ring (bicyclic) bond motifs is 1. The maximum atomic E-state index is 13.4. The van der Waals surface area contributed by atoms with E-state index in [0.29, 0.717) is 5.56 Å². The van der Waals surface area contributed by atoms with Crippen LogP contribution in [-0.4, -0.2) is 18.6 Å². The molecule has 0 N–H and O–H groups in total. The third-order valence-corrected chi connectivity index (χ3v) is 7.06. The van der Waals surface area contributed by atoms with Gasteiger partial charge in [-0.1, -0.05) is 52.3 Å². The first-order valence-corrected chi connectivity index (χ1v) is 10.8. The predicted molar refractivity (Wildman–Crippen MR) is 107 cm³/mol. The Hall–Kier alpha value is -2.51. The van der Waals surface area contributed by atoms with Gasteiger partial charge in [0.1, 0.15) is 5.82 Å². The minimum absolute atomic E-state index is 0.0366. The minimum atomic E-state index is -4.03. The SMILES string of the molecule is O=C1C(c2ccc(F)cc2)c2ccccc2CN1S(=O)(=O)c1ccc(Br)cc1. The van der Waals surface area contributed by atoms with E-state index in [2.05, 4.69) is 15.9 Å². The van der Waals surface area contributed by atoms with E-state index in [9.17, 15) is 17.6 Å². The highest BCUT2D eigenvalue weighted by Crippen LogP contribution is 2.37. The van der Waals surface area contributed by atoms with Gasteiger partial charge in [-0.2, -0.15) is 0 Å². The molecule has 3 aromatic carbocycles. The summed E-state index contributed by atoms with van der Waals surface area (Å²) in [6.45, 7) is -0.0366. The second-order valence-electron chi connectivity index (χ2n) is 6.49. The summed E-state index contributed by atoms with van der Waals surface area (Å²) < 4.78 is 41.4. The zero-order chi connectivity index (χ0) is 19.9. The summed E-state index contributed by atoms with van der Waals surface area (Å²) in [5, 5.41) is 0. The fraction of sp³-hybridized carbons (Fsp3) is 0.0952. The first kappa shape index (κ1) is 18.8. The van der Waals surface area contributed by atoms with Gasteiger partial charge in [-0.3, -0.25) is 4.79 Å². The van der Waals surface area contributed by atoms with Crippen LogP contribution in [0.1, 0.15) is 22.6 Å². The molecule has 0 aromatic heterocycles. The number of carbonyl (C=O) groups excluding carboxylic acids is 1. The van der Waals surface area contributed by atoms with Crippen molar-refractivity contribution in [2.24, 2.45) is 0 Å². The number of rotatable bonds is 3. The van der Waals surface area contributed by atoms with Crippen LogP contribution in [0.4, 0.5) is 4.39 Å². The first-order chi connectivity index (χ1) is 13.4. The van der Waals surface area contributed by atoms with Gasteiger partial charge in [0.25, 0.3) is 10.0 Å². The molecule has 1 atom stereocenters. The quantitative estimate of drug-likeness (QED) is 0.581. The molecule has 7 heteroatoms. The van der Waals surface area contributed by atoms with Crippen LogP contribution in [-0.2, 0) is 21.4 Å². The predicted octanol–water partition coefficient (Wildman–Crippen LogP) is 4.45. The van der Waals surface area contributed by atoms with Crippen LogP contribution in [0.25, 0.3) is 0 Å². The molecule has 1 amide bonds. The van der Waals surface area contributed by atoms with Crippen molar-refractivity contribution in [1.29, 1.82) is 0 Å². The molecule has 1 heterocycles. The Morgan fingerprint density at radius 1 is 0.929 bits per heavy atom. The van der Waals surface area contributed by atoms with E-state index >= 15 is 0 Å². The van der Waals surface area contributed by atoms with Gasteiger partial charge >= 0.3 is 0 Å². The third kappa shape index (κ3) is 3.25. The number of amides is 1. The maximum absolute atomic E-state index is 13.4. The van der Waals surface area contributed by atoms with Crippen molar-refractivity contribution in [3.63, 3.8) is 0 Å². The molecule has 1 aliphatic rings. The lowest BCUT2D eigenvalue weighted by molar-refractivity contribution is -0.128. The van der Waals surface area contributed by atoms with E-state index in [1.165, 1.54) is 36.4 Å². The van der Waals surface area contributed by atoms with Gasteiger partial charge in [-0.25, -0.2) is 17.1 Å². The topological polar surface area (TPSA) is 54.5 Å². The van der Waals surface area contributed by atoms with Crippen molar-refractivity contribution in [2.45, 2.75) is 17.4 Å². The molecule has 0 aliphatic carbocycles. The number of sulfonamides is 1. The lowest BCUT2D eigenvalue weighted by Gasteiger charge is -2.33. The normalized spacial score (nSPS) is 16.7. The third-order valence-electron chi connectivity index (χ3n) is 4.78. The first-order valence-electron chi connectivity index (χ1n) is 8.53. The Bertz CT molecular complexity index is 1150. The zero-order valence-corrected chi connectivity index (χ0v) is 17.0. The average Bonchev–Trinajstić information content (AvgIpc) is 2.69. The number of hydrogen-bond donors (Lipinski definition) is 0. The van der Waals surface area contributed by atoms with Gasteiger partial charge in [0.15, 0.2) is 0 Å². The molecule has 0 spiro atoms. The monoisotopic (exact) mass is 459 g/mol. The van der Waals surface area contributed by atoms with Gasteiger partial charge in [-0.15, -0.1) is 0 Å². The molecule has 0 bridgehead atoms. The Morgan fingerprint density at radius 3 is 2.25 bits per heavy atom. The summed E-state index contributed by atoms with van der Waals surface area (Å²) in [5.74, 6) is -1.77. The smallest absolute Gasteiger partial charge is 0.266 e. The summed E-state index contributed by atoms with van der Waals surface area (Å²) in [6, 6.07) is 19.0. The molecule has 142 valence electrons. The van der Waals surface area contributed by atoms with E-state index in [4.69, 9.17) is 0 Å². The highest BCUT2D eigenvalue weighted by atomic mass is 79.9. The fourth-order valence-corrected chi connectivity index (χ4v) is 5.03. The molecular formula is C21H15BrFNO3S. The molecule has 1 aliphatic heterocycles. The van der Waals surface area contributed by atoms with Crippen LogP contribution in [0.2, 0.25) is 0 Å². The number of hydrogen-bond acceptors (Lipinski definition) is 3. The van der Waals surface area contributed by atoms with Gasteiger partial charge in [0.2, 0.25) is 5.91 Å². The average molecular weight is 460 g/mol. The van der Waals surface area contributed by atoms with Crippen LogP contribution in [0.5, 0.6) is 0 Å². The van der Waals surface area contributed by atoms with Crippen LogP contribution in [0, 0.1) is 5.82 Å². The zero-order valence-electron chi connectivity index (χ0n) is 14.5. The summed E-state index contributed by atoms with van der Waals surface area (Å²) in [4.78, 5) is 13.3. The lowest BCUT2D eigenvalue weighted by Crippen LogP contribution is -2.43. The van der Waals surface area contributed by atoms with Crippen LogP contribution in [0.15, 0.2) is 82.2 Å². The molecule has 28 heavy (non-hydrogen) atoms. The molecule has 0 fully saturated rings. The van der Waals surface area contributed by atoms with Crippen LogP contribution in [0.3, 0.4) is 0 Å². The summed E-state index contributed by atoms with van der Waals surface area (Å²) >= 11 is 3.28. The van der Waals surface area contributed by atoms with Crippen molar-refractivity contribution in [3.8, 4) is 0 Å². The van der Waals surface area contributed by atoms with Gasteiger partial charge in [-0.05, 0) is 53.1 Å². The highest BCUT2D eigenvalue weighted by molar-refractivity contribution is 9.10. The van der Waals surface area contributed by atoms with Crippen LogP contribution < -0.4 is 0 Å². The van der Waals surface area contributed by atoms with Gasteiger partial charge in [0.05, 0.1) is 17.4 Å². The Labute approximate surface area is 170 Å². The standard InChI is InChI=1S/C21H15BrFNO3S/c22-16-7-11-18(12-8-16)28(26,27)24-13-15-3-1-2-4-19(15)20(21(24)25)14-5-9-17(23)10-6-14/h1-12,20H,13H2. The molecule has 4 nitrogen and oxygen atoms in total. The van der Waals surface area contributed by atoms with E-state index < -0.39 is 27.7 Å². The summed E-state index contributed by atoms with van der Waals surface area (Å²) in [5.41, 5.74) is 2.04. The minimum Gasteiger partial charge on any atom is -0.273 e. The fourth-order valence-electron chi connectivity index (χ4n) is 3.38. The molecular weight excluding hydrogens is 445 g/mol. The Kier molecular flexibility index (Phi) is 4.81. The molecule has 0 radical (unpaired) electrons. The maximum Gasteiger partial charge on any atom is 0.266 e. The number of nitrogens with zero attached hydrogens (tertiary/aromatic N) is 1. The van der Waals surface area contributed by atoms with Crippen molar-refractivity contribution in [3.05, 3.63) is 99.8 Å². The highest BCUT2D eigenvalue weighted by Gasteiger charge is 2.40. The molecule has 0 saturated heterocycles. The molecule has 0 saturated carbocycles. The van der Waals surface area contributed by atoms with Crippen molar-refractivity contribution >= 4 is 31.9 Å². The number of benzene rings is 3. The lowest BCUT2D eigenvalue weighted by atomic mass is 9.85. The van der Waals surface area contributed by atoms with Crippen LogP contribution >= 0.6 is 15.9 Å². The van der Waals surface area contributed by atoms with Gasteiger partial charge in [0, 0.05) is 4.47 Å². The molecule has 3 aromatic rings. The van der Waals surface area contributed by atoms with E-state index in [-0.39, 0.29) is 11.4 Å². The summed E-state index contributed by atoms with van der Waals surface area (Å²) in [6.07, 6.45) is 0. The van der Waals surface area contributed by atoms with Crippen molar-refractivity contribution in [1.82, 2.24) is 4.31 Å². The van der Waals surface area contributed by atoms with E-state index in [1.54, 1.807) is 18.2 Å². The number of carbonyl (C=O) groups is 1. The van der Waals surface area contributed by atoms with Crippen molar-refractivity contribution < 1.29 is 17.6 Å². The second kappa shape index (κ2) is 7.14. The number of halogens is 2. The van der Waals surface area contributed by atoms with Gasteiger partial charge < -0.3 is 0 Å². The van der Waals surface area contributed by atoms with E-state index in [0.717, 1.165) is 19.9 Å². The van der Waals surface area contributed by atoms with Crippen molar-refractivity contribution in [2.75, 3.05) is 0 Å². The second-order valence-corrected chi connectivity index (χ2v) is 9.27. The Morgan fingerprint density at radius 2 is 1.57 bits per heavy atom. The molecule has 1 unspecified atom stereocenters. The largest absolute Gasteiger partial charge is 0.273 e. The molecule has 4 rings (SSSR count).